The highest BCUT2D eigenvalue weighted by atomic mass is 16.3. The maximum atomic E-state index is 11.6. The van der Waals surface area contributed by atoms with E-state index < -0.39 is 5.60 Å². The summed E-state index contributed by atoms with van der Waals surface area (Å²) < 4.78 is 0. The van der Waals surface area contributed by atoms with Crippen molar-refractivity contribution in [3.63, 3.8) is 0 Å². The Morgan fingerprint density at radius 2 is 1.94 bits per heavy atom. The second-order valence-corrected chi connectivity index (χ2v) is 4.70. The predicted molar refractivity (Wildman–Crippen MR) is 63.6 cm³/mol. The molecule has 1 amide bonds. The summed E-state index contributed by atoms with van der Waals surface area (Å²) in [6.45, 7) is 0.337. The van der Waals surface area contributed by atoms with Crippen molar-refractivity contribution in [2.45, 2.75) is 31.3 Å². The minimum absolute atomic E-state index is 0.101. The first-order valence-electron chi connectivity index (χ1n) is 5.84. The number of phenolic OH excluding ortho intramolecular Hbond substituents is 1. The van der Waals surface area contributed by atoms with E-state index in [0.29, 0.717) is 6.54 Å². The number of hydrogen-bond donors (Lipinski definition) is 3. The number of carbonyl (C=O) groups excluding carboxylic acids is 1. The van der Waals surface area contributed by atoms with E-state index in [4.69, 9.17) is 5.11 Å². The molecule has 92 valence electrons. The lowest BCUT2D eigenvalue weighted by molar-refractivity contribution is -0.122. The fourth-order valence-corrected chi connectivity index (χ4v) is 1.89. The zero-order valence-electron chi connectivity index (χ0n) is 9.65. The number of hydrogen-bond acceptors (Lipinski definition) is 3. The third kappa shape index (κ3) is 3.20. The summed E-state index contributed by atoms with van der Waals surface area (Å²) in [6.07, 6.45) is 2.85. The highest BCUT2D eigenvalue weighted by molar-refractivity contribution is 5.78. The minimum Gasteiger partial charge on any atom is -0.508 e. The Kier molecular flexibility index (Phi) is 3.33. The Balaban J connectivity index is 1.79. The van der Waals surface area contributed by atoms with Crippen LogP contribution in [0.3, 0.4) is 0 Å². The summed E-state index contributed by atoms with van der Waals surface area (Å²) >= 11 is 0. The molecule has 0 aromatic heterocycles. The van der Waals surface area contributed by atoms with Gasteiger partial charge in [0.25, 0.3) is 0 Å². The van der Waals surface area contributed by atoms with E-state index in [1.807, 2.05) is 0 Å². The Labute approximate surface area is 100 Å². The smallest absolute Gasteiger partial charge is 0.224 e. The largest absolute Gasteiger partial charge is 0.508 e. The average Bonchev–Trinajstić information content (AvgIpc) is 2.27. The van der Waals surface area contributed by atoms with Gasteiger partial charge in [-0.3, -0.25) is 4.79 Å². The van der Waals surface area contributed by atoms with Gasteiger partial charge in [0, 0.05) is 6.54 Å². The third-order valence-corrected chi connectivity index (χ3v) is 3.20. The molecule has 2 rings (SSSR count). The van der Waals surface area contributed by atoms with Crippen molar-refractivity contribution in [2.24, 2.45) is 0 Å². The number of carbonyl (C=O) groups is 1. The topological polar surface area (TPSA) is 69.6 Å². The Bertz CT molecular complexity index is 396. The molecule has 0 unspecified atom stereocenters. The lowest BCUT2D eigenvalue weighted by atomic mass is 9.80. The van der Waals surface area contributed by atoms with Gasteiger partial charge in [-0.1, -0.05) is 12.1 Å². The maximum Gasteiger partial charge on any atom is 0.224 e. The van der Waals surface area contributed by atoms with Crippen molar-refractivity contribution in [1.29, 1.82) is 0 Å². The molecule has 1 saturated carbocycles. The number of rotatable bonds is 4. The van der Waals surface area contributed by atoms with Crippen molar-refractivity contribution in [2.75, 3.05) is 6.54 Å². The molecule has 0 atom stereocenters. The van der Waals surface area contributed by atoms with Crippen molar-refractivity contribution in [1.82, 2.24) is 5.32 Å². The summed E-state index contributed by atoms with van der Waals surface area (Å²) in [5, 5.41) is 21.7. The fourth-order valence-electron chi connectivity index (χ4n) is 1.89. The summed E-state index contributed by atoms with van der Waals surface area (Å²) in [6, 6.07) is 6.55. The van der Waals surface area contributed by atoms with Crippen LogP contribution in [0, 0.1) is 0 Å². The van der Waals surface area contributed by atoms with Crippen molar-refractivity contribution in [3.8, 4) is 5.75 Å². The van der Waals surface area contributed by atoms with Gasteiger partial charge >= 0.3 is 0 Å². The Morgan fingerprint density at radius 3 is 2.47 bits per heavy atom. The zero-order chi connectivity index (χ0) is 12.3. The van der Waals surface area contributed by atoms with E-state index in [9.17, 15) is 9.90 Å². The van der Waals surface area contributed by atoms with Gasteiger partial charge in [-0.15, -0.1) is 0 Å². The molecule has 1 aliphatic rings. The summed E-state index contributed by atoms with van der Waals surface area (Å²) in [7, 11) is 0. The van der Waals surface area contributed by atoms with E-state index in [2.05, 4.69) is 5.32 Å². The van der Waals surface area contributed by atoms with Gasteiger partial charge in [0.2, 0.25) is 5.91 Å². The average molecular weight is 235 g/mol. The number of aliphatic hydroxyl groups is 1. The second kappa shape index (κ2) is 4.75. The maximum absolute atomic E-state index is 11.6. The van der Waals surface area contributed by atoms with E-state index >= 15 is 0 Å². The van der Waals surface area contributed by atoms with Crippen molar-refractivity contribution in [3.05, 3.63) is 29.8 Å². The van der Waals surface area contributed by atoms with Gasteiger partial charge in [-0.05, 0) is 37.0 Å². The van der Waals surface area contributed by atoms with Crippen LogP contribution >= 0.6 is 0 Å². The first-order valence-corrected chi connectivity index (χ1v) is 5.84. The highest BCUT2D eigenvalue weighted by Gasteiger charge is 2.34. The number of aromatic hydroxyl groups is 1. The van der Waals surface area contributed by atoms with E-state index in [0.717, 1.165) is 24.8 Å². The third-order valence-electron chi connectivity index (χ3n) is 3.20. The van der Waals surface area contributed by atoms with Gasteiger partial charge in [0.15, 0.2) is 0 Å². The van der Waals surface area contributed by atoms with Gasteiger partial charge in [0.1, 0.15) is 5.75 Å². The van der Waals surface area contributed by atoms with Crippen LogP contribution in [0.5, 0.6) is 5.75 Å². The first kappa shape index (κ1) is 11.9. The molecule has 17 heavy (non-hydrogen) atoms. The van der Waals surface area contributed by atoms with Crippen LogP contribution in [-0.4, -0.2) is 28.3 Å². The first-order chi connectivity index (χ1) is 8.07. The van der Waals surface area contributed by atoms with Crippen LogP contribution in [0.1, 0.15) is 24.8 Å². The fraction of sp³-hybridized carbons (Fsp3) is 0.462. The standard InChI is InChI=1S/C13H17NO3/c15-11-4-2-10(3-5-11)8-12(16)14-9-13(17)6-1-7-13/h2-5,15,17H,1,6-9H2,(H,14,16). The lowest BCUT2D eigenvalue weighted by Gasteiger charge is -2.36. The van der Waals surface area contributed by atoms with E-state index in [-0.39, 0.29) is 18.1 Å². The predicted octanol–water partition coefficient (Wildman–Crippen LogP) is 0.966. The molecule has 0 saturated heterocycles. The van der Waals surface area contributed by atoms with Crippen molar-refractivity contribution >= 4 is 5.91 Å². The monoisotopic (exact) mass is 235 g/mol. The van der Waals surface area contributed by atoms with Gasteiger partial charge in [-0.25, -0.2) is 0 Å². The molecule has 1 fully saturated rings. The minimum atomic E-state index is -0.676. The molecule has 3 N–H and O–H groups in total. The van der Waals surface area contributed by atoms with Crippen LogP contribution in [0.4, 0.5) is 0 Å². The van der Waals surface area contributed by atoms with E-state index in [1.165, 1.54) is 0 Å². The van der Waals surface area contributed by atoms with Crippen LogP contribution < -0.4 is 5.32 Å². The van der Waals surface area contributed by atoms with Crippen molar-refractivity contribution < 1.29 is 15.0 Å². The number of amides is 1. The Hall–Kier alpha value is -1.55. The summed E-state index contributed by atoms with van der Waals surface area (Å²) in [5.74, 6) is 0.0916. The number of phenols is 1. The molecule has 0 aliphatic heterocycles. The van der Waals surface area contributed by atoms with Crippen LogP contribution in [0.15, 0.2) is 24.3 Å². The van der Waals surface area contributed by atoms with Crippen LogP contribution in [0.25, 0.3) is 0 Å². The summed E-state index contributed by atoms with van der Waals surface area (Å²) in [4.78, 5) is 11.6. The molecule has 1 aliphatic carbocycles. The quantitative estimate of drug-likeness (QED) is 0.728. The molecular formula is C13H17NO3. The van der Waals surface area contributed by atoms with Gasteiger partial charge in [0.05, 0.1) is 12.0 Å². The van der Waals surface area contributed by atoms with E-state index in [1.54, 1.807) is 24.3 Å². The number of benzene rings is 1. The molecule has 1 aromatic rings. The molecule has 4 heteroatoms. The highest BCUT2D eigenvalue weighted by Crippen LogP contribution is 2.30. The molecule has 0 bridgehead atoms. The van der Waals surface area contributed by atoms with Crippen LogP contribution in [-0.2, 0) is 11.2 Å². The summed E-state index contributed by atoms with van der Waals surface area (Å²) in [5.41, 5.74) is 0.172. The normalized spacial score (nSPS) is 17.2. The van der Waals surface area contributed by atoms with Gasteiger partial charge in [-0.2, -0.15) is 0 Å². The molecule has 4 nitrogen and oxygen atoms in total. The Morgan fingerprint density at radius 1 is 1.29 bits per heavy atom. The van der Waals surface area contributed by atoms with Gasteiger partial charge < -0.3 is 15.5 Å². The second-order valence-electron chi connectivity index (χ2n) is 4.70. The molecule has 0 spiro atoms. The molecule has 1 aromatic carbocycles. The number of nitrogens with one attached hydrogen (secondary N) is 1. The molecule has 0 heterocycles. The lowest BCUT2D eigenvalue weighted by Crippen LogP contribution is -2.48. The molecule has 0 radical (unpaired) electrons. The zero-order valence-corrected chi connectivity index (χ0v) is 9.65. The molecular weight excluding hydrogens is 218 g/mol. The SMILES string of the molecule is O=C(Cc1ccc(O)cc1)NCC1(O)CCC1. The van der Waals surface area contributed by atoms with Crippen LogP contribution in [0.2, 0.25) is 0 Å².